The lowest BCUT2D eigenvalue weighted by Crippen LogP contribution is -2.23. The number of hydrogen-bond donors (Lipinski definition) is 0. The molecule has 4 aromatic rings. The largest absolute Gasteiger partial charge is 0.493 e. The van der Waals surface area contributed by atoms with Gasteiger partial charge in [0.25, 0.3) is 5.56 Å². The second-order valence-corrected chi connectivity index (χ2v) is 9.46. The van der Waals surface area contributed by atoms with Crippen LogP contribution in [-0.2, 0) is 6.61 Å². The molecule has 0 spiro atoms. The Labute approximate surface area is 225 Å². The molecule has 0 saturated heterocycles. The molecule has 38 heavy (non-hydrogen) atoms. The van der Waals surface area contributed by atoms with Gasteiger partial charge < -0.3 is 9.47 Å². The van der Waals surface area contributed by atoms with E-state index in [2.05, 4.69) is 26.0 Å². The summed E-state index contributed by atoms with van der Waals surface area (Å²) in [6.07, 6.45) is 2.07. The van der Waals surface area contributed by atoms with E-state index in [0.717, 1.165) is 10.9 Å². The second-order valence-electron chi connectivity index (χ2n) is 8.55. The number of nitro benzene ring substituents is 1. The van der Waals surface area contributed by atoms with Gasteiger partial charge in [-0.2, -0.15) is 9.78 Å². The average Bonchev–Trinajstić information content (AvgIpc) is 2.91. The van der Waals surface area contributed by atoms with Gasteiger partial charge in [0.1, 0.15) is 18.2 Å². The number of ether oxygens (including phenoxy) is 2. The van der Waals surface area contributed by atoms with Crippen molar-refractivity contribution in [2.45, 2.75) is 32.8 Å². The third kappa shape index (κ3) is 5.72. The van der Waals surface area contributed by atoms with Gasteiger partial charge in [-0.3, -0.25) is 14.9 Å². The minimum absolute atomic E-state index is 0.0309. The first kappa shape index (κ1) is 26.9. The lowest BCUT2D eigenvalue weighted by Gasteiger charge is -2.14. The van der Waals surface area contributed by atoms with Gasteiger partial charge >= 0.3 is 5.69 Å². The Hall–Kier alpha value is -4.12. The number of methoxy groups -OCH3 is 1. The maximum absolute atomic E-state index is 13.3. The molecule has 1 atom stereocenters. The first-order chi connectivity index (χ1) is 18.2. The SMILES string of the molecule is CC[C@@H](C)c1nc2ccc(Br)cc2c(=O)n1N=Cc1cc(OC)c(OCc2ccc(F)cc2)c([N+](=O)[O-])c1. The molecule has 4 rings (SSSR count). The van der Waals surface area contributed by atoms with E-state index < -0.39 is 10.7 Å². The summed E-state index contributed by atoms with van der Waals surface area (Å²) in [5, 5.41) is 16.7. The molecule has 11 heteroatoms. The lowest BCUT2D eigenvalue weighted by molar-refractivity contribution is -0.386. The van der Waals surface area contributed by atoms with Gasteiger partial charge in [0, 0.05) is 22.0 Å². The number of nitro groups is 1. The molecule has 0 N–H and O–H groups in total. The van der Waals surface area contributed by atoms with Crippen molar-refractivity contribution in [3.05, 3.63) is 102 Å². The van der Waals surface area contributed by atoms with Crippen LogP contribution in [0, 0.1) is 15.9 Å². The third-order valence-corrected chi connectivity index (χ3v) is 6.47. The van der Waals surface area contributed by atoms with Crippen molar-refractivity contribution < 1.29 is 18.8 Å². The van der Waals surface area contributed by atoms with Crippen LogP contribution in [0.15, 0.2) is 69.0 Å². The van der Waals surface area contributed by atoms with Crippen molar-refractivity contribution in [1.82, 2.24) is 9.66 Å². The van der Waals surface area contributed by atoms with Crippen LogP contribution in [0.1, 0.15) is 43.1 Å². The van der Waals surface area contributed by atoms with Crippen LogP contribution in [0.2, 0.25) is 0 Å². The quantitative estimate of drug-likeness (QED) is 0.132. The summed E-state index contributed by atoms with van der Waals surface area (Å²) in [6, 6.07) is 13.7. The molecular weight excluding hydrogens is 559 g/mol. The summed E-state index contributed by atoms with van der Waals surface area (Å²) in [5.41, 5.74) is 0.797. The van der Waals surface area contributed by atoms with Crippen LogP contribution in [0.5, 0.6) is 11.5 Å². The molecule has 1 aromatic heterocycles. The molecule has 0 aliphatic carbocycles. The molecule has 0 amide bonds. The van der Waals surface area contributed by atoms with E-state index >= 15 is 0 Å². The van der Waals surface area contributed by atoms with Gasteiger partial charge in [-0.25, -0.2) is 9.37 Å². The minimum atomic E-state index is -0.592. The van der Waals surface area contributed by atoms with Crippen LogP contribution < -0.4 is 15.0 Å². The molecule has 0 aliphatic rings. The molecule has 0 unspecified atom stereocenters. The second kappa shape index (κ2) is 11.5. The Morgan fingerprint density at radius 1 is 1.21 bits per heavy atom. The molecule has 196 valence electrons. The van der Waals surface area contributed by atoms with Crippen molar-refractivity contribution in [2.75, 3.05) is 7.11 Å². The summed E-state index contributed by atoms with van der Waals surface area (Å²) in [6.45, 7) is 3.89. The predicted octanol–water partition coefficient (Wildman–Crippen LogP) is 6.19. The Kier molecular flexibility index (Phi) is 8.16. The fraction of sp³-hybridized carbons (Fsp3) is 0.222. The van der Waals surface area contributed by atoms with Gasteiger partial charge in [-0.15, -0.1) is 0 Å². The number of aromatic nitrogens is 2. The molecule has 9 nitrogen and oxygen atoms in total. The molecule has 3 aromatic carbocycles. The fourth-order valence-electron chi connectivity index (χ4n) is 3.75. The summed E-state index contributed by atoms with van der Waals surface area (Å²) in [4.78, 5) is 29.3. The number of fused-ring (bicyclic) bond motifs is 1. The van der Waals surface area contributed by atoms with E-state index in [-0.39, 0.29) is 35.3 Å². The molecule has 0 aliphatic heterocycles. The van der Waals surface area contributed by atoms with Crippen molar-refractivity contribution in [1.29, 1.82) is 0 Å². The highest BCUT2D eigenvalue weighted by atomic mass is 79.9. The summed E-state index contributed by atoms with van der Waals surface area (Å²) >= 11 is 3.38. The van der Waals surface area contributed by atoms with E-state index in [0.29, 0.717) is 27.9 Å². The Morgan fingerprint density at radius 2 is 1.95 bits per heavy atom. The Morgan fingerprint density at radius 3 is 2.61 bits per heavy atom. The molecule has 1 heterocycles. The number of halogens is 2. The molecule has 0 radical (unpaired) electrons. The maximum atomic E-state index is 13.3. The van der Waals surface area contributed by atoms with Gasteiger partial charge in [0.2, 0.25) is 5.75 Å². The smallest absolute Gasteiger partial charge is 0.315 e. The molecule has 0 saturated carbocycles. The summed E-state index contributed by atoms with van der Waals surface area (Å²) in [5.74, 6) is 0.0422. The van der Waals surface area contributed by atoms with Gasteiger partial charge in [0.05, 0.1) is 29.2 Å². The van der Waals surface area contributed by atoms with Crippen molar-refractivity contribution in [3.63, 3.8) is 0 Å². The van der Waals surface area contributed by atoms with Gasteiger partial charge in [0.15, 0.2) is 5.75 Å². The monoisotopic (exact) mass is 582 g/mol. The van der Waals surface area contributed by atoms with Gasteiger partial charge in [-0.1, -0.05) is 41.9 Å². The zero-order valence-corrected chi connectivity index (χ0v) is 22.4. The highest BCUT2D eigenvalue weighted by Crippen LogP contribution is 2.38. The van der Waals surface area contributed by atoms with E-state index in [4.69, 9.17) is 9.47 Å². The molecule has 0 fully saturated rings. The Balaban J connectivity index is 1.76. The van der Waals surface area contributed by atoms with E-state index in [9.17, 15) is 19.3 Å². The third-order valence-electron chi connectivity index (χ3n) is 5.98. The first-order valence-corrected chi connectivity index (χ1v) is 12.5. The zero-order chi connectivity index (χ0) is 27.4. The summed E-state index contributed by atoms with van der Waals surface area (Å²) < 4.78 is 26.2. The molecule has 0 bridgehead atoms. The minimum Gasteiger partial charge on any atom is -0.493 e. The number of rotatable bonds is 9. The predicted molar refractivity (Wildman–Crippen MR) is 146 cm³/mol. The van der Waals surface area contributed by atoms with Crippen LogP contribution in [0.25, 0.3) is 10.9 Å². The van der Waals surface area contributed by atoms with E-state index in [1.165, 1.54) is 54.4 Å². The zero-order valence-electron chi connectivity index (χ0n) is 20.9. The highest BCUT2D eigenvalue weighted by molar-refractivity contribution is 9.10. The maximum Gasteiger partial charge on any atom is 0.315 e. The number of nitrogens with zero attached hydrogens (tertiary/aromatic N) is 4. The fourth-order valence-corrected chi connectivity index (χ4v) is 4.12. The topological polar surface area (TPSA) is 109 Å². The molecular formula is C27H24BrFN4O5. The Bertz CT molecular complexity index is 1590. The highest BCUT2D eigenvalue weighted by Gasteiger charge is 2.23. The summed E-state index contributed by atoms with van der Waals surface area (Å²) in [7, 11) is 1.36. The standard InChI is InChI=1S/C27H24BrFN4O5/c1-4-16(2)26-31-22-10-7-19(28)13-21(22)27(34)32(26)30-14-18-11-23(33(35)36)25(24(12-18)37-3)38-15-17-5-8-20(29)9-6-17/h5-14,16H,4,15H2,1-3H3/t16-/m1/s1. The number of hydrogen-bond acceptors (Lipinski definition) is 7. The van der Waals surface area contributed by atoms with E-state index in [1.807, 2.05) is 19.9 Å². The van der Waals surface area contributed by atoms with E-state index in [1.54, 1.807) is 12.1 Å². The van der Waals surface area contributed by atoms with Crippen molar-refractivity contribution in [2.24, 2.45) is 5.10 Å². The van der Waals surface area contributed by atoms with Crippen LogP contribution >= 0.6 is 15.9 Å². The van der Waals surface area contributed by atoms with Crippen LogP contribution in [0.3, 0.4) is 0 Å². The van der Waals surface area contributed by atoms with Gasteiger partial charge in [-0.05, 0) is 48.4 Å². The van der Waals surface area contributed by atoms with Crippen molar-refractivity contribution >= 4 is 38.7 Å². The van der Waals surface area contributed by atoms with Crippen LogP contribution in [-0.4, -0.2) is 27.9 Å². The average molecular weight is 583 g/mol. The van der Waals surface area contributed by atoms with Crippen LogP contribution in [0.4, 0.5) is 10.1 Å². The van der Waals surface area contributed by atoms with Crippen molar-refractivity contribution in [3.8, 4) is 11.5 Å². The lowest BCUT2D eigenvalue weighted by atomic mass is 10.1. The normalized spacial score (nSPS) is 12.1. The number of benzene rings is 3. The first-order valence-electron chi connectivity index (χ1n) is 11.7.